The largest absolute Gasteiger partial charge is 0.434 e. The lowest BCUT2D eigenvalue weighted by atomic mass is 10.2. The molecule has 3 N–H and O–H groups in total. The van der Waals surface area contributed by atoms with Crippen molar-refractivity contribution < 1.29 is 13.2 Å². The van der Waals surface area contributed by atoms with Gasteiger partial charge in [-0.05, 0) is 5.92 Å². The van der Waals surface area contributed by atoms with Gasteiger partial charge in [0.1, 0.15) is 0 Å². The van der Waals surface area contributed by atoms with Gasteiger partial charge in [0.05, 0.1) is 5.01 Å². The van der Waals surface area contributed by atoms with Crippen molar-refractivity contribution in [2.75, 3.05) is 13.1 Å². The fraction of sp³-hybridized carbons (Fsp3) is 0.636. The molecule has 0 amide bonds. The van der Waals surface area contributed by atoms with Crippen LogP contribution in [0, 0.1) is 5.92 Å². The minimum Gasteiger partial charge on any atom is -0.370 e. The van der Waals surface area contributed by atoms with E-state index in [9.17, 15) is 13.2 Å². The van der Waals surface area contributed by atoms with Gasteiger partial charge in [0.15, 0.2) is 11.7 Å². The second-order valence-corrected chi connectivity index (χ2v) is 5.36. The number of nitrogens with one attached hydrogen (secondary N) is 1. The number of nitrogens with two attached hydrogens (primary N) is 1. The molecule has 4 nitrogen and oxygen atoms in total. The molecule has 1 aromatic heterocycles. The maximum atomic E-state index is 12.3. The number of thiazole rings is 1. The number of alkyl halides is 3. The fourth-order valence-corrected chi connectivity index (χ4v) is 2.00. The summed E-state index contributed by atoms with van der Waals surface area (Å²) < 4.78 is 37.0. The molecule has 0 radical (unpaired) electrons. The van der Waals surface area contributed by atoms with Gasteiger partial charge in [-0.25, -0.2) is 4.98 Å². The lowest BCUT2D eigenvalue weighted by Gasteiger charge is -2.05. The number of halogens is 4. The van der Waals surface area contributed by atoms with E-state index in [1.54, 1.807) is 0 Å². The minimum atomic E-state index is -4.38. The Morgan fingerprint density at radius 1 is 1.50 bits per heavy atom. The number of aromatic nitrogens is 1. The molecule has 1 heterocycles. The summed E-state index contributed by atoms with van der Waals surface area (Å²) >= 11 is 0.995. The van der Waals surface area contributed by atoms with Crippen LogP contribution in [0.3, 0.4) is 0 Å². The molecular formula is C11H18F3IN4S. The van der Waals surface area contributed by atoms with Crippen molar-refractivity contribution in [3.63, 3.8) is 0 Å². The highest BCUT2D eigenvalue weighted by Crippen LogP contribution is 2.29. The summed E-state index contributed by atoms with van der Waals surface area (Å²) in [5.74, 6) is 0.718. The van der Waals surface area contributed by atoms with E-state index in [0.29, 0.717) is 36.4 Å². The van der Waals surface area contributed by atoms with Crippen molar-refractivity contribution in [1.29, 1.82) is 0 Å². The van der Waals surface area contributed by atoms with Crippen LogP contribution in [0.4, 0.5) is 13.2 Å². The normalized spacial score (nSPS) is 12.4. The van der Waals surface area contributed by atoms with Gasteiger partial charge >= 0.3 is 6.18 Å². The first-order valence-corrected chi connectivity index (χ1v) is 6.72. The molecular weight excluding hydrogens is 404 g/mol. The maximum absolute atomic E-state index is 12.3. The molecule has 1 aromatic rings. The zero-order valence-electron chi connectivity index (χ0n) is 11.2. The van der Waals surface area contributed by atoms with Crippen molar-refractivity contribution in [3.05, 3.63) is 16.1 Å². The van der Waals surface area contributed by atoms with E-state index in [4.69, 9.17) is 5.73 Å². The first-order chi connectivity index (χ1) is 8.79. The summed E-state index contributed by atoms with van der Waals surface area (Å²) in [6.45, 7) is 5.07. The smallest absolute Gasteiger partial charge is 0.370 e. The monoisotopic (exact) mass is 422 g/mol. The van der Waals surface area contributed by atoms with Crippen LogP contribution in [-0.4, -0.2) is 24.0 Å². The van der Waals surface area contributed by atoms with Crippen LogP contribution in [0.1, 0.15) is 24.5 Å². The van der Waals surface area contributed by atoms with Crippen LogP contribution in [-0.2, 0) is 12.6 Å². The molecule has 0 aliphatic carbocycles. The highest BCUT2D eigenvalue weighted by Gasteiger charge is 2.33. The average Bonchev–Trinajstić information content (AvgIpc) is 2.74. The first kappa shape index (κ1) is 19.4. The van der Waals surface area contributed by atoms with Crippen molar-refractivity contribution in [2.24, 2.45) is 16.6 Å². The van der Waals surface area contributed by atoms with Gasteiger partial charge < -0.3 is 11.1 Å². The summed E-state index contributed by atoms with van der Waals surface area (Å²) in [5.41, 5.74) is 4.76. The first-order valence-electron chi connectivity index (χ1n) is 5.84. The number of hydrogen-bond donors (Lipinski definition) is 2. The lowest BCUT2D eigenvalue weighted by molar-refractivity contribution is -0.140. The Hall–Kier alpha value is -0.580. The van der Waals surface area contributed by atoms with E-state index < -0.39 is 11.9 Å². The molecule has 0 bridgehead atoms. The van der Waals surface area contributed by atoms with Crippen LogP contribution in [0.5, 0.6) is 0 Å². The standard InChI is InChI=1S/C11H17F3N4S.HI/c1-7(2)5-17-10(15)16-4-3-9-18-8(6-19-9)11(12,13)14;/h6-7H,3-5H2,1-2H3,(H3,15,16,17);1H. The third kappa shape index (κ3) is 7.27. The Balaban J connectivity index is 0.00000361. The molecule has 0 unspecified atom stereocenters. The van der Waals surface area contributed by atoms with Gasteiger partial charge in [-0.3, -0.25) is 4.99 Å². The van der Waals surface area contributed by atoms with Crippen LogP contribution in [0.2, 0.25) is 0 Å². The molecule has 0 fully saturated rings. The summed E-state index contributed by atoms with van der Waals surface area (Å²) in [7, 11) is 0. The summed E-state index contributed by atoms with van der Waals surface area (Å²) in [5, 5.41) is 4.29. The van der Waals surface area contributed by atoms with Gasteiger partial charge in [-0.2, -0.15) is 13.2 Å². The highest BCUT2D eigenvalue weighted by molar-refractivity contribution is 14.0. The number of hydrogen-bond acceptors (Lipinski definition) is 3. The summed E-state index contributed by atoms with van der Waals surface area (Å²) in [6, 6.07) is 0. The van der Waals surface area contributed by atoms with E-state index in [2.05, 4.69) is 15.3 Å². The van der Waals surface area contributed by atoms with Crippen LogP contribution < -0.4 is 11.1 Å². The van der Waals surface area contributed by atoms with E-state index in [0.717, 1.165) is 16.7 Å². The molecule has 0 atom stereocenters. The Labute approximate surface area is 137 Å². The van der Waals surface area contributed by atoms with Gasteiger partial charge in [0, 0.05) is 24.9 Å². The fourth-order valence-electron chi connectivity index (χ4n) is 1.19. The molecule has 9 heteroatoms. The van der Waals surface area contributed by atoms with Gasteiger partial charge in [0.2, 0.25) is 0 Å². The number of aliphatic imine (C=N–C) groups is 1. The second-order valence-electron chi connectivity index (χ2n) is 4.42. The Morgan fingerprint density at radius 2 is 2.15 bits per heavy atom. The Bertz CT molecular complexity index is 432. The molecule has 20 heavy (non-hydrogen) atoms. The average molecular weight is 422 g/mol. The number of nitrogens with zero attached hydrogens (tertiary/aromatic N) is 2. The molecule has 0 saturated carbocycles. The van der Waals surface area contributed by atoms with Gasteiger partial charge in [-0.15, -0.1) is 35.3 Å². The predicted molar refractivity (Wildman–Crippen MR) is 85.6 cm³/mol. The summed E-state index contributed by atoms with van der Waals surface area (Å²) in [6.07, 6.45) is -3.99. The highest BCUT2D eigenvalue weighted by atomic mass is 127. The maximum Gasteiger partial charge on any atom is 0.434 e. The molecule has 0 saturated heterocycles. The molecule has 0 aliphatic heterocycles. The van der Waals surface area contributed by atoms with Crippen molar-refractivity contribution in [3.8, 4) is 0 Å². The van der Waals surface area contributed by atoms with Crippen molar-refractivity contribution in [2.45, 2.75) is 26.4 Å². The van der Waals surface area contributed by atoms with Crippen molar-refractivity contribution >= 4 is 41.3 Å². The van der Waals surface area contributed by atoms with E-state index in [1.165, 1.54) is 0 Å². The Morgan fingerprint density at radius 3 is 2.65 bits per heavy atom. The quantitative estimate of drug-likeness (QED) is 0.436. The third-order valence-corrected chi connectivity index (χ3v) is 3.02. The third-order valence-electron chi connectivity index (χ3n) is 2.11. The number of guanidine groups is 1. The second kappa shape index (κ2) is 8.65. The zero-order chi connectivity index (χ0) is 14.5. The molecule has 116 valence electrons. The van der Waals surface area contributed by atoms with Crippen LogP contribution in [0.15, 0.2) is 10.4 Å². The van der Waals surface area contributed by atoms with Gasteiger partial charge in [0.25, 0.3) is 0 Å². The van der Waals surface area contributed by atoms with E-state index >= 15 is 0 Å². The SMILES string of the molecule is CC(C)CN=C(N)NCCc1nc(C(F)(F)F)cs1.I. The molecule has 0 aromatic carbocycles. The van der Waals surface area contributed by atoms with Crippen molar-refractivity contribution in [1.82, 2.24) is 10.3 Å². The molecule has 1 rings (SSSR count). The molecule has 0 aliphatic rings. The zero-order valence-corrected chi connectivity index (χ0v) is 14.3. The lowest BCUT2D eigenvalue weighted by Crippen LogP contribution is -2.33. The Kier molecular flexibility index (Phi) is 8.40. The van der Waals surface area contributed by atoms with Crippen LogP contribution >= 0.6 is 35.3 Å². The van der Waals surface area contributed by atoms with Gasteiger partial charge in [-0.1, -0.05) is 13.8 Å². The minimum absolute atomic E-state index is 0. The topological polar surface area (TPSA) is 63.3 Å². The number of rotatable bonds is 5. The summed E-state index contributed by atoms with van der Waals surface area (Å²) in [4.78, 5) is 7.61. The van der Waals surface area contributed by atoms with Crippen LogP contribution in [0.25, 0.3) is 0 Å². The van der Waals surface area contributed by atoms with E-state index in [1.807, 2.05) is 13.8 Å². The predicted octanol–water partition coefficient (Wildman–Crippen LogP) is 2.88. The molecule has 0 spiro atoms. The van der Waals surface area contributed by atoms with E-state index in [-0.39, 0.29) is 24.0 Å².